The molecule has 2 aromatic heterocycles. The van der Waals surface area contributed by atoms with Crippen molar-refractivity contribution in [2.45, 2.75) is 20.8 Å². The predicted molar refractivity (Wildman–Crippen MR) is 87.4 cm³/mol. The lowest BCUT2D eigenvalue weighted by atomic mass is 10.3. The number of anilines is 2. The first kappa shape index (κ1) is 15.9. The van der Waals surface area contributed by atoms with Gasteiger partial charge in [-0.2, -0.15) is 5.10 Å². The molecule has 0 aromatic carbocycles. The summed E-state index contributed by atoms with van der Waals surface area (Å²) in [7, 11) is 0. The van der Waals surface area contributed by atoms with Crippen molar-refractivity contribution in [3.8, 4) is 0 Å². The first-order valence-electron chi connectivity index (χ1n) is 6.67. The Kier molecular flexibility index (Phi) is 5.05. The van der Waals surface area contributed by atoms with Gasteiger partial charge in [-0.15, -0.1) is 11.3 Å². The molecular weight excluding hydrogens is 302 g/mol. The van der Waals surface area contributed by atoms with Crippen molar-refractivity contribution >= 4 is 34.5 Å². The SMILES string of the molecule is CCOC(=O)c1cc(/C=N/Nc2nc(C)cc(C)n2)sc1N. The van der Waals surface area contributed by atoms with Gasteiger partial charge >= 0.3 is 5.97 Å². The predicted octanol–water partition coefficient (Wildman–Crippen LogP) is 2.36. The van der Waals surface area contributed by atoms with Crippen LogP contribution < -0.4 is 11.2 Å². The first-order chi connectivity index (χ1) is 10.5. The van der Waals surface area contributed by atoms with Crippen LogP contribution in [0.5, 0.6) is 0 Å². The Bertz CT molecular complexity index is 691. The van der Waals surface area contributed by atoms with E-state index in [-0.39, 0.29) is 0 Å². The van der Waals surface area contributed by atoms with Gasteiger partial charge in [0.15, 0.2) is 0 Å². The van der Waals surface area contributed by atoms with E-state index in [9.17, 15) is 4.79 Å². The molecule has 0 aliphatic carbocycles. The van der Waals surface area contributed by atoms with E-state index in [1.165, 1.54) is 11.3 Å². The van der Waals surface area contributed by atoms with Gasteiger partial charge in [-0.3, -0.25) is 0 Å². The number of hydrazone groups is 1. The molecule has 116 valence electrons. The van der Waals surface area contributed by atoms with E-state index in [4.69, 9.17) is 10.5 Å². The molecule has 2 rings (SSSR count). The molecule has 22 heavy (non-hydrogen) atoms. The number of hydrogen-bond acceptors (Lipinski definition) is 8. The van der Waals surface area contributed by atoms with Crippen molar-refractivity contribution in [3.63, 3.8) is 0 Å². The molecule has 8 heteroatoms. The smallest absolute Gasteiger partial charge is 0.341 e. The average molecular weight is 319 g/mol. The molecule has 0 bridgehead atoms. The molecular formula is C14H17N5O2S. The maximum absolute atomic E-state index is 11.7. The molecule has 0 aliphatic rings. The number of carbonyl (C=O) groups excluding carboxylic acids is 1. The van der Waals surface area contributed by atoms with Gasteiger partial charge in [-0.25, -0.2) is 20.2 Å². The first-order valence-corrected chi connectivity index (χ1v) is 7.49. The van der Waals surface area contributed by atoms with E-state index in [1.807, 2.05) is 19.9 Å². The van der Waals surface area contributed by atoms with Crippen molar-refractivity contribution in [2.24, 2.45) is 5.10 Å². The van der Waals surface area contributed by atoms with Gasteiger partial charge in [0.2, 0.25) is 5.95 Å². The second-order valence-electron chi connectivity index (χ2n) is 4.49. The Balaban J connectivity index is 2.07. The third-order valence-electron chi connectivity index (χ3n) is 2.61. The van der Waals surface area contributed by atoms with E-state index in [2.05, 4.69) is 20.5 Å². The number of aromatic nitrogens is 2. The summed E-state index contributed by atoms with van der Waals surface area (Å²) in [6.07, 6.45) is 1.56. The van der Waals surface area contributed by atoms with Crippen molar-refractivity contribution in [3.05, 3.63) is 34.0 Å². The van der Waals surface area contributed by atoms with Crippen LogP contribution in [-0.2, 0) is 4.74 Å². The van der Waals surface area contributed by atoms with E-state index in [1.54, 1.807) is 19.2 Å². The Morgan fingerprint density at radius 3 is 2.73 bits per heavy atom. The number of nitrogen functional groups attached to an aromatic ring is 1. The minimum absolute atomic E-state index is 0.309. The Morgan fingerprint density at radius 1 is 1.41 bits per heavy atom. The Hall–Kier alpha value is -2.48. The highest BCUT2D eigenvalue weighted by Gasteiger charge is 2.14. The van der Waals surface area contributed by atoms with Gasteiger partial charge in [0.05, 0.1) is 23.3 Å². The van der Waals surface area contributed by atoms with Gasteiger partial charge in [-0.05, 0) is 32.9 Å². The second-order valence-corrected chi connectivity index (χ2v) is 5.61. The van der Waals surface area contributed by atoms with Gasteiger partial charge in [0, 0.05) is 11.4 Å². The lowest BCUT2D eigenvalue weighted by Crippen LogP contribution is -2.05. The van der Waals surface area contributed by atoms with Gasteiger partial charge in [0.25, 0.3) is 0 Å². The molecule has 3 N–H and O–H groups in total. The third-order valence-corrected chi connectivity index (χ3v) is 3.51. The van der Waals surface area contributed by atoms with Crippen molar-refractivity contribution in [1.82, 2.24) is 9.97 Å². The van der Waals surface area contributed by atoms with Crippen molar-refractivity contribution in [1.29, 1.82) is 0 Å². The second kappa shape index (κ2) is 6.99. The standard InChI is InChI=1S/C14H17N5O2S/c1-4-21-13(20)11-6-10(22-12(11)15)7-16-19-14-17-8(2)5-9(3)18-14/h5-7H,4,15H2,1-3H3,(H,17,18,19)/b16-7+. The summed E-state index contributed by atoms with van der Waals surface area (Å²) >= 11 is 1.26. The summed E-state index contributed by atoms with van der Waals surface area (Å²) in [6, 6.07) is 3.52. The average Bonchev–Trinajstić information content (AvgIpc) is 2.79. The lowest BCUT2D eigenvalue weighted by Gasteiger charge is -2.00. The molecule has 0 saturated heterocycles. The number of thiophene rings is 1. The topological polar surface area (TPSA) is 102 Å². The van der Waals surface area contributed by atoms with Crippen molar-refractivity contribution in [2.75, 3.05) is 17.8 Å². The molecule has 0 unspecified atom stereocenters. The maximum Gasteiger partial charge on any atom is 0.341 e. The molecule has 0 aliphatic heterocycles. The minimum Gasteiger partial charge on any atom is -0.462 e. The van der Waals surface area contributed by atoms with E-state index in [0.29, 0.717) is 23.1 Å². The number of esters is 1. The van der Waals surface area contributed by atoms with Gasteiger partial charge in [-0.1, -0.05) is 0 Å². The quantitative estimate of drug-likeness (QED) is 0.498. The minimum atomic E-state index is -0.429. The van der Waals surface area contributed by atoms with Crippen LogP contribution in [0, 0.1) is 13.8 Å². The van der Waals surface area contributed by atoms with Gasteiger partial charge in [0.1, 0.15) is 5.00 Å². The van der Waals surface area contributed by atoms with Crippen LogP contribution in [-0.4, -0.2) is 28.8 Å². The van der Waals surface area contributed by atoms with Crippen LogP contribution in [0.1, 0.15) is 33.5 Å². The van der Waals surface area contributed by atoms with Crippen LogP contribution in [0.2, 0.25) is 0 Å². The van der Waals surface area contributed by atoms with E-state index < -0.39 is 5.97 Å². The number of nitrogens with one attached hydrogen (secondary N) is 1. The number of carbonyl (C=O) groups is 1. The zero-order chi connectivity index (χ0) is 16.1. The Labute approximate surface area is 132 Å². The van der Waals surface area contributed by atoms with Crippen LogP contribution in [0.15, 0.2) is 17.2 Å². The summed E-state index contributed by atoms with van der Waals surface area (Å²) in [5, 5.41) is 4.46. The number of aryl methyl sites for hydroxylation is 2. The van der Waals surface area contributed by atoms with Crippen LogP contribution >= 0.6 is 11.3 Å². The number of hydrogen-bond donors (Lipinski definition) is 2. The molecule has 0 radical (unpaired) electrons. The van der Waals surface area contributed by atoms with Crippen LogP contribution in [0.4, 0.5) is 10.9 Å². The highest BCUT2D eigenvalue weighted by atomic mass is 32.1. The largest absolute Gasteiger partial charge is 0.462 e. The molecule has 2 heterocycles. The number of ether oxygens (including phenoxy) is 1. The molecule has 7 nitrogen and oxygen atoms in total. The molecule has 0 atom stereocenters. The monoisotopic (exact) mass is 319 g/mol. The Morgan fingerprint density at radius 2 is 2.09 bits per heavy atom. The fourth-order valence-corrected chi connectivity index (χ4v) is 2.57. The summed E-state index contributed by atoms with van der Waals surface area (Å²) in [5.74, 6) is -0.00889. The molecule has 0 spiro atoms. The van der Waals surface area contributed by atoms with E-state index >= 15 is 0 Å². The number of nitrogens with two attached hydrogens (primary N) is 1. The molecule has 0 saturated carbocycles. The number of nitrogens with zero attached hydrogens (tertiary/aromatic N) is 3. The van der Waals surface area contributed by atoms with Crippen LogP contribution in [0.25, 0.3) is 0 Å². The fourth-order valence-electron chi connectivity index (χ4n) is 1.79. The number of rotatable bonds is 5. The zero-order valence-corrected chi connectivity index (χ0v) is 13.4. The van der Waals surface area contributed by atoms with Gasteiger partial charge < -0.3 is 10.5 Å². The van der Waals surface area contributed by atoms with Crippen LogP contribution in [0.3, 0.4) is 0 Å². The van der Waals surface area contributed by atoms with E-state index in [0.717, 1.165) is 16.3 Å². The lowest BCUT2D eigenvalue weighted by molar-refractivity contribution is 0.0528. The highest BCUT2D eigenvalue weighted by molar-refractivity contribution is 7.17. The summed E-state index contributed by atoms with van der Waals surface area (Å²) in [6.45, 7) is 5.82. The molecule has 0 amide bonds. The van der Waals surface area contributed by atoms with Crippen molar-refractivity contribution < 1.29 is 9.53 Å². The fraction of sp³-hybridized carbons (Fsp3) is 0.286. The highest BCUT2D eigenvalue weighted by Crippen LogP contribution is 2.24. The zero-order valence-electron chi connectivity index (χ0n) is 12.6. The normalized spacial score (nSPS) is 10.9. The third kappa shape index (κ3) is 4.01. The maximum atomic E-state index is 11.7. The molecule has 2 aromatic rings. The summed E-state index contributed by atoms with van der Waals surface area (Å²) < 4.78 is 4.93. The summed E-state index contributed by atoms with van der Waals surface area (Å²) in [5.41, 5.74) is 10.6. The molecule has 0 fully saturated rings. The summed E-state index contributed by atoms with van der Waals surface area (Å²) in [4.78, 5) is 20.8.